The number of hydrogen-bond donors (Lipinski definition) is 3. The number of alkyl halides is 3. The number of carbonyl (C=O) groups is 2. The molecule has 0 saturated heterocycles. The van der Waals surface area contributed by atoms with Crippen molar-refractivity contribution < 1.29 is 27.2 Å². The minimum atomic E-state index is -4.48. The summed E-state index contributed by atoms with van der Waals surface area (Å²) in [7, 11) is 0. The van der Waals surface area contributed by atoms with Crippen molar-refractivity contribution in [1.82, 2.24) is 0 Å². The van der Waals surface area contributed by atoms with Crippen LogP contribution in [-0.4, -0.2) is 11.9 Å². The first kappa shape index (κ1) is 15.2. The Labute approximate surface area is 129 Å². The third kappa shape index (κ3) is 2.46. The molecule has 10 heteroatoms. The Morgan fingerprint density at radius 2 is 1.91 bits per heavy atom. The fraction of sp³-hybridized carbons (Fsp3) is 0.0769. The van der Waals surface area contributed by atoms with Gasteiger partial charge < -0.3 is 21.2 Å². The van der Waals surface area contributed by atoms with Gasteiger partial charge in [0, 0.05) is 10.1 Å². The van der Waals surface area contributed by atoms with Gasteiger partial charge in [0.05, 0.1) is 10.3 Å². The van der Waals surface area contributed by atoms with Crippen LogP contribution < -0.4 is 16.8 Å². The molecule has 0 aliphatic carbocycles. The van der Waals surface area contributed by atoms with E-state index in [-0.39, 0.29) is 26.4 Å². The minimum absolute atomic E-state index is 0.0465. The first-order chi connectivity index (χ1) is 10.7. The van der Waals surface area contributed by atoms with Crippen LogP contribution in [0.25, 0.3) is 20.4 Å². The van der Waals surface area contributed by atoms with Crippen molar-refractivity contribution in [2.75, 3.05) is 5.32 Å². The zero-order valence-electron chi connectivity index (χ0n) is 11.2. The maximum absolute atomic E-state index is 12.8. The maximum atomic E-state index is 12.8. The predicted octanol–water partition coefficient (Wildman–Crippen LogP) is 3.26. The normalized spacial score (nSPS) is 12.0. The highest BCUT2D eigenvalue weighted by Gasteiger charge is 2.31. The highest BCUT2D eigenvalue weighted by atomic mass is 32.1. The van der Waals surface area contributed by atoms with Gasteiger partial charge in [-0.25, -0.2) is 4.79 Å². The predicted molar refractivity (Wildman–Crippen MR) is 78.3 cm³/mol. The largest absolute Gasteiger partial charge is 0.447 e. The number of nitrogens with two attached hydrogens (primary N) is 2. The quantitative estimate of drug-likeness (QED) is 0.664. The molecule has 3 aromatic rings. The van der Waals surface area contributed by atoms with E-state index in [2.05, 4.69) is 5.32 Å². The molecule has 3 rings (SSSR count). The molecule has 0 bridgehead atoms. The number of rotatable bonds is 2. The lowest BCUT2D eigenvalue weighted by Crippen LogP contribution is -2.21. The summed E-state index contributed by atoms with van der Waals surface area (Å²) < 4.78 is 44.2. The van der Waals surface area contributed by atoms with E-state index in [0.717, 1.165) is 23.5 Å². The van der Waals surface area contributed by atoms with Crippen LogP contribution in [0.2, 0.25) is 0 Å². The zero-order valence-corrected chi connectivity index (χ0v) is 12.0. The Balaban J connectivity index is 2.29. The van der Waals surface area contributed by atoms with Crippen LogP contribution in [0.15, 0.2) is 22.6 Å². The Kier molecular flexibility index (Phi) is 3.22. The molecule has 2 heterocycles. The molecule has 2 aromatic heterocycles. The summed E-state index contributed by atoms with van der Waals surface area (Å²) in [6.07, 6.45) is -4.48. The second-order valence-electron chi connectivity index (χ2n) is 4.63. The number of thiophene rings is 1. The van der Waals surface area contributed by atoms with Gasteiger partial charge in [0.25, 0.3) is 5.91 Å². The van der Waals surface area contributed by atoms with Crippen molar-refractivity contribution in [2.45, 2.75) is 6.18 Å². The molecule has 1 aromatic carbocycles. The topological polar surface area (TPSA) is 111 Å². The number of carbonyl (C=O) groups excluding carboxylic acids is 2. The van der Waals surface area contributed by atoms with Crippen molar-refractivity contribution in [3.63, 3.8) is 0 Å². The monoisotopic (exact) mass is 343 g/mol. The first-order valence-corrected chi connectivity index (χ1v) is 6.92. The zero-order chi connectivity index (χ0) is 16.9. The lowest BCUT2D eigenvalue weighted by atomic mass is 10.1. The number of nitrogens with one attached hydrogen (secondary N) is 1. The summed E-state index contributed by atoms with van der Waals surface area (Å²) >= 11 is 0.927. The van der Waals surface area contributed by atoms with E-state index in [1.165, 1.54) is 6.07 Å². The molecule has 120 valence electrons. The molecule has 0 aliphatic rings. The van der Waals surface area contributed by atoms with Gasteiger partial charge in [-0.15, -0.1) is 11.3 Å². The molecule has 0 unspecified atom stereocenters. The van der Waals surface area contributed by atoms with Crippen molar-refractivity contribution in [3.05, 3.63) is 29.5 Å². The van der Waals surface area contributed by atoms with Gasteiger partial charge in [-0.1, -0.05) is 0 Å². The van der Waals surface area contributed by atoms with Gasteiger partial charge in [-0.2, -0.15) is 13.2 Å². The van der Waals surface area contributed by atoms with E-state index in [0.29, 0.717) is 5.39 Å². The van der Waals surface area contributed by atoms with Crippen LogP contribution in [0.5, 0.6) is 0 Å². The molecule has 0 radical (unpaired) electrons. The molecule has 6 nitrogen and oxygen atoms in total. The summed E-state index contributed by atoms with van der Waals surface area (Å²) in [5, 5.41) is 2.59. The maximum Gasteiger partial charge on any atom is 0.416 e. The number of anilines is 1. The molecule has 0 fully saturated rings. The molecular formula is C13H8F3N3O3S. The SMILES string of the molecule is NC(=O)Nc1c(C(N)=O)oc2c1sc1cc(C(F)(F)F)ccc12. The number of primary amides is 2. The second kappa shape index (κ2) is 4.88. The van der Waals surface area contributed by atoms with E-state index in [9.17, 15) is 22.8 Å². The lowest BCUT2D eigenvalue weighted by Gasteiger charge is -2.05. The number of fused-ring (bicyclic) bond motifs is 3. The number of halogens is 3. The number of benzene rings is 1. The molecule has 0 spiro atoms. The second-order valence-corrected chi connectivity index (χ2v) is 5.68. The van der Waals surface area contributed by atoms with Crippen molar-refractivity contribution in [2.24, 2.45) is 11.5 Å². The number of hydrogen-bond acceptors (Lipinski definition) is 4. The summed E-state index contributed by atoms with van der Waals surface area (Å²) in [5.74, 6) is -1.25. The summed E-state index contributed by atoms with van der Waals surface area (Å²) in [4.78, 5) is 22.4. The number of amides is 3. The van der Waals surface area contributed by atoms with E-state index < -0.39 is 23.7 Å². The molecule has 23 heavy (non-hydrogen) atoms. The van der Waals surface area contributed by atoms with Crippen LogP contribution in [-0.2, 0) is 6.18 Å². The average molecular weight is 343 g/mol. The van der Waals surface area contributed by atoms with Crippen LogP contribution in [0.3, 0.4) is 0 Å². The van der Waals surface area contributed by atoms with Crippen LogP contribution in [0.1, 0.15) is 16.1 Å². The summed E-state index contributed by atoms with van der Waals surface area (Å²) in [6, 6.07) is 2.15. The van der Waals surface area contributed by atoms with Gasteiger partial charge in [0.15, 0.2) is 5.58 Å². The fourth-order valence-electron chi connectivity index (χ4n) is 2.18. The highest BCUT2D eigenvalue weighted by Crippen LogP contribution is 2.43. The van der Waals surface area contributed by atoms with Crippen LogP contribution in [0.4, 0.5) is 23.7 Å². The van der Waals surface area contributed by atoms with Crippen LogP contribution in [0, 0.1) is 0 Å². The Morgan fingerprint density at radius 3 is 2.48 bits per heavy atom. The van der Waals surface area contributed by atoms with Gasteiger partial charge in [-0.05, 0) is 18.2 Å². The number of urea groups is 1. The van der Waals surface area contributed by atoms with Crippen LogP contribution >= 0.6 is 11.3 Å². The molecule has 0 atom stereocenters. The summed E-state index contributed by atoms with van der Waals surface area (Å²) in [5.41, 5.74) is 9.51. The Bertz CT molecular complexity index is 958. The minimum Gasteiger partial charge on any atom is -0.447 e. The van der Waals surface area contributed by atoms with E-state index >= 15 is 0 Å². The molecular weight excluding hydrogens is 335 g/mol. The number of furan rings is 1. The standard InChI is InChI=1S/C13H8F3N3O3S/c14-13(15,16)4-1-2-5-6(3-4)23-10-7(19-12(18)21)9(11(17)20)22-8(5)10/h1-3H,(H2,17,20)(H3,18,19,21). The first-order valence-electron chi connectivity index (χ1n) is 6.11. The Hall–Kier alpha value is -2.75. The van der Waals surface area contributed by atoms with Gasteiger partial charge in [-0.3, -0.25) is 4.79 Å². The highest BCUT2D eigenvalue weighted by molar-refractivity contribution is 7.26. The summed E-state index contributed by atoms with van der Waals surface area (Å²) in [6.45, 7) is 0. The van der Waals surface area contributed by atoms with Crippen molar-refractivity contribution >= 4 is 49.3 Å². The van der Waals surface area contributed by atoms with Gasteiger partial charge >= 0.3 is 12.2 Å². The van der Waals surface area contributed by atoms with Gasteiger partial charge in [0.1, 0.15) is 5.69 Å². The average Bonchev–Trinajstić information content (AvgIpc) is 2.93. The van der Waals surface area contributed by atoms with Gasteiger partial charge in [0.2, 0.25) is 5.76 Å². The smallest absolute Gasteiger partial charge is 0.416 e. The molecule has 3 amide bonds. The molecule has 5 N–H and O–H groups in total. The third-order valence-corrected chi connectivity index (χ3v) is 4.25. The lowest BCUT2D eigenvalue weighted by molar-refractivity contribution is -0.137. The Morgan fingerprint density at radius 1 is 1.22 bits per heavy atom. The molecule has 0 aliphatic heterocycles. The van der Waals surface area contributed by atoms with E-state index in [1.807, 2.05) is 0 Å². The van der Waals surface area contributed by atoms with E-state index in [4.69, 9.17) is 15.9 Å². The van der Waals surface area contributed by atoms with Crippen molar-refractivity contribution in [1.29, 1.82) is 0 Å². The van der Waals surface area contributed by atoms with Crippen molar-refractivity contribution in [3.8, 4) is 0 Å². The van der Waals surface area contributed by atoms with E-state index in [1.54, 1.807) is 0 Å². The fourth-order valence-corrected chi connectivity index (χ4v) is 3.35. The molecule has 0 saturated carbocycles. The third-order valence-electron chi connectivity index (χ3n) is 3.10.